The highest BCUT2D eigenvalue weighted by atomic mass is 16.5. The average Bonchev–Trinajstić information content (AvgIpc) is 3.06. The zero-order chi connectivity index (χ0) is 15.2. The molecule has 1 saturated carbocycles. The number of hydrogen-bond donors (Lipinski definition) is 3. The Morgan fingerprint density at radius 3 is 2.81 bits per heavy atom. The van der Waals surface area contributed by atoms with Gasteiger partial charge in [-0.3, -0.25) is 0 Å². The maximum Gasteiger partial charge on any atom is 0.170 e. The van der Waals surface area contributed by atoms with Gasteiger partial charge in [0.2, 0.25) is 0 Å². The van der Waals surface area contributed by atoms with E-state index in [2.05, 4.69) is 17.4 Å². The molecule has 1 aliphatic carbocycles. The summed E-state index contributed by atoms with van der Waals surface area (Å²) in [5.41, 5.74) is 7.37. The number of amidine groups is 1. The summed E-state index contributed by atoms with van der Waals surface area (Å²) < 4.78 is 5.39. The highest BCUT2D eigenvalue weighted by Crippen LogP contribution is 2.28. The fourth-order valence-corrected chi connectivity index (χ4v) is 3.03. The predicted molar refractivity (Wildman–Crippen MR) is 83.8 cm³/mol. The Hall–Kier alpha value is -1.75. The molecule has 1 atom stereocenters. The highest BCUT2D eigenvalue weighted by Gasteiger charge is 2.21. The van der Waals surface area contributed by atoms with Crippen molar-refractivity contribution in [3.8, 4) is 5.75 Å². The van der Waals surface area contributed by atoms with Gasteiger partial charge in [0.15, 0.2) is 5.84 Å². The Morgan fingerprint density at radius 2 is 2.19 bits per heavy atom. The molecule has 0 aromatic heterocycles. The lowest BCUT2D eigenvalue weighted by molar-refractivity contribution is 0.318. The number of benzene rings is 1. The summed E-state index contributed by atoms with van der Waals surface area (Å²) in [5, 5.41) is 15.4. The van der Waals surface area contributed by atoms with Gasteiger partial charge in [-0.1, -0.05) is 18.0 Å². The van der Waals surface area contributed by atoms with Gasteiger partial charge in [0.25, 0.3) is 0 Å². The van der Waals surface area contributed by atoms with Crippen molar-refractivity contribution in [2.75, 3.05) is 7.11 Å². The van der Waals surface area contributed by atoms with E-state index in [4.69, 9.17) is 15.7 Å². The van der Waals surface area contributed by atoms with E-state index >= 15 is 0 Å². The highest BCUT2D eigenvalue weighted by molar-refractivity contribution is 5.97. The van der Waals surface area contributed by atoms with Gasteiger partial charge in [0.1, 0.15) is 5.75 Å². The Labute approximate surface area is 126 Å². The minimum absolute atomic E-state index is 0.114. The molecule has 2 rings (SSSR count). The second-order valence-corrected chi connectivity index (χ2v) is 5.73. The van der Waals surface area contributed by atoms with Gasteiger partial charge < -0.3 is 21.0 Å². The van der Waals surface area contributed by atoms with Crippen LogP contribution in [-0.4, -0.2) is 24.2 Å². The van der Waals surface area contributed by atoms with E-state index in [9.17, 15) is 0 Å². The molecule has 1 aromatic carbocycles. The van der Waals surface area contributed by atoms with Crippen molar-refractivity contribution in [3.63, 3.8) is 0 Å². The molecule has 0 spiro atoms. The molecule has 5 heteroatoms. The van der Waals surface area contributed by atoms with Gasteiger partial charge in [-0.05, 0) is 43.9 Å². The smallest absolute Gasteiger partial charge is 0.170 e. The summed E-state index contributed by atoms with van der Waals surface area (Å²) in [6.45, 7) is 2.96. The lowest BCUT2D eigenvalue weighted by Crippen LogP contribution is -2.32. The standard InChI is InChI=1S/C16H25N3O2/c1-11(12-5-3-4-6-12)18-10-14-9-13(16(17)19-20)7-8-15(14)21-2/h7-9,11-12,18,20H,3-6,10H2,1-2H3,(H2,17,19). The van der Waals surface area contributed by atoms with Crippen molar-refractivity contribution in [1.82, 2.24) is 5.32 Å². The fourth-order valence-electron chi connectivity index (χ4n) is 3.03. The van der Waals surface area contributed by atoms with Crippen molar-refractivity contribution in [2.24, 2.45) is 16.8 Å². The summed E-state index contributed by atoms with van der Waals surface area (Å²) in [7, 11) is 1.66. The van der Waals surface area contributed by atoms with E-state index in [0.29, 0.717) is 18.2 Å². The minimum Gasteiger partial charge on any atom is -0.496 e. The normalized spacial score (nSPS) is 17.9. The topological polar surface area (TPSA) is 79.9 Å². The number of rotatable bonds is 6. The summed E-state index contributed by atoms with van der Waals surface area (Å²) >= 11 is 0. The zero-order valence-electron chi connectivity index (χ0n) is 12.8. The van der Waals surface area contributed by atoms with Crippen molar-refractivity contribution in [1.29, 1.82) is 0 Å². The third-order valence-corrected chi connectivity index (χ3v) is 4.41. The van der Waals surface area contributed by atoms with E-state index in [1.54, 1.807) is 13.2 Å². The van der Waals surface area contributed by atoms with E-state index in [1.165, 1.54) is 25.7 Å². The van der Waals surface area contributed by atoms with E-state index in [0.717, 1.165) is 17.2 Å². The summed E-state index contributed by atoms with van der Waals surface area (Å²) in [5.74, 6) is 1.70. The second kappa shape index (κ2) is 7.31. The number of methoxy groups -OCH3 is 1. The molecule has 0 amide bonds. The van der Waals surface area contributed by atoms with Crippen LogP contribution in [0.5, 0.6) is 5.75 Å². The second-order valence-electron chi connectivity index (χ2n) is 5.73. The predicted octanol–water partition coefficient (Wildman–Crippen LogP) is 2.46. The molecule has 1 fully saturated rings. The third kappa shape index (κ3) is 3.88. The van der Waals surface area contributed by atoms with Gasteiger partial charge >= 0.3 is 0 Å². The van der Waals surface area contributed by atoms with Crippen LogP contribution in [0.1, 0.15) is 43.7 Å². The molecule has 4 N–H and O–H groups in total. The number of nitrogens with one attached hydrogen (secondary N) is 1. The molecular weight excluding hydrogens is 266 g/mol. The molecule has 0 saturated heterocycles. The molecule has 0 aliphatic heterocycles. The van der Waals surface area contributed by atoms with Crippen LogP contribution in [-0.2, 0) is 6.54 Å². The van der Waals surface area contributed by atoms with Crippen LogP contribution in [0.3, 0.4) is 0 Å². The Bertz CT molecular complexity index is 496. The minimum atomic E-state index is 0.114. The van der Waals surface area contributed by atoms with Gasteiger partial charge in [-0.25, -0.2) is 0 Å². The average molecular weight is 291 g/mol. The maximum atomic E-state index is 8.78. The Balaban J connectivity index is 2.06. The number of nitrogens with zero attached hydrogens (tertiary/aromatic N) is 1. The summed E-state index contributed by atoms with van der Waals surface area (Å²) in [6.07, 6.45) is 5.32. The van der Waals surface area contributed by atoms with Crippen LogP contribution in [0.15, 0.2) is 23.4 Å². The molecule has 0 bridgehead atoms. The first kappa shape index (κ1) is 15.6. The molecule has 1 aromatic rings. The molecule has 116 valence electrons. The van der Waals surface area contributed by atoms with Crippen LogP contribution >= 0.6 is 0 Å². The molecule has 5 nitrogen and oxygen atoms in total. The first-order valence-electron chi connectivity index (χ1n) is 7.54. The van der Waals surface area contributed by atoms with E-state index < -0.39 is 0 Å². The first-order chi connectivity index (χ1) is 10.2. The third-order valence-electron chi connectivity index (χ3n) is 4.41. The lowest BCUT2D eigenvalue weighted by atomic mass is 9.99. The zero-order valence-corrected chi connectivity index (χ0v) is 12.8. The molecule has 1 aliphatic rings. The summed E-state index contributed by atoms with van der Waals surface area (Å²) in [6, 6.07) is 6.04. The van der Waals surface area contributed by atoms with Gasteiger partial charge in [-0.2, -0.15) is 0 Å². The molecule has 0 heterocycles. The molecule has 1 unspecified atom stereocenters. The number of nitrogens with two attached hydrogens (primary N) is 1. The van der Waals surface area contributed by atoms with Crippen LogP contribution < -0.4 is 15.8 Å². The summed E-state index contributed by atoms with van der Waals surface area (Å²) in [4.78, 5) is 0. The first-order valence-corrected chi connectivity index (χ1v) is 7.54. The van der Waals surface area contributed by atoms with Gasteiger partial charge in [0.05, 0.1) is 7.11 Å². The van der Waals surface area contributed by atoms with Crippen molar-refractivity contribution in [3.05, 3.63) is 29.3 Å². The monoisotopic (exact) mass is 291 g/mol. The van der Waals surface area contributed by atoms with Crippen molar-refractivity contribution >= 4 is 5.84 Å². The largest absolute Gasteiger partial charge is 0.496 e. The maximum absolute atomic E-state index is 8.78. The van der Waals surface area contributed by atoms with Crippen LogP contribution in [0, 0.1) is 5.92 Å². The SMILES string of the molecule is COc1ccc(/C(N)=N/O)cc1CNC(C)C1CCCC1. The van der Waals surface area contributed by atoms with Crippen LogP contribution in [0.25, 0.3) is 0 Å². The van der Waals surface area contributed by atoms with Crippen molar-refractivity contribution in [2.45, 2.75) is 45.2 Å². The molecular formula is C16H25N3O2. The van der Waals surface area contributed by atoms with Crippen molar-refractivity contribution < 1.29 is 9.94 Å². The molecule has 21 heavy (non-hydrogen) atoms. The molecule has 0 radical (unpaired) electrons. The van der Waals surface area contributed by atoms with E-state index in [1.807, 2.05) is 12.1 Å². The lowest BCUT2D eigenvalue weighted by Gasteiger charge is -2.21. The number of hydrogen-bond acceptors (Lipinski definition) is 4. The Morgan fingerprint density at radius 1 is 1.48 bits per heavy atom. The quantitative estimate of drug-likeness (QED) is 0.325. The Kier molecular flexibility index (Phi) is 5.44. The van der Waals surface area contributed by atoms with Gasteiger partial charge in [-0.15, -0.1) is 0 Å². The fraction of sp³-hybridized carbons (Fsp3) is 0.562. The van der Waals surface area contributed by atoms with Gasteiger partial charge in [0, 0.05) is 23.7 Å². The van der Waals surface area contributed by atoms with Crippen LogP contribution in [0.2, 0.25) is 0 Å². The number of oxime groups is 1. The van der Waals surface area contributed by atoms with E-state index in [-0.39, 0.29) is 5.84 Å². The van der Waals surface area contributed by atoms with Crippen LogP contribution in [0.4, 0.5) is 0 Å². The number of ether oxygens (including phenoxy) is 1.